The van der Waals surface area contributed by atoms with Crippen molar-refractivity contribution in [2.24, 2.45) is 0 Å². The Morgan fingerprint density at radius 1 is 1.20 bits per heavy atom. The lowest BCUT2D eigenvalue weighted by atomic mass is 10.2. The van der Waals surface area contributed by atoms with Crippen LogP contribution in [-0.4, -0.2) is 8.42 Å². The van der Waals surface area contributed by atoms with Crippen LogP contribution in [0.3, 0.4) is 0 Å². The highest BCUT2D eigenvalue weighted by molar-refractivity contribution is 14.1. The van der Waals surface area contributed by atoms with E-state index in [0.29, 0.717) is 3.57 Å². The van der Waals surface area contributed by atoms with Crippen LogP contribution in [-0.2, 0) is 10.0 Å². The molecule has 2 aromatic carbocycles. The van der Waals surface area contributed by atoms with Gasteiger partial charge in [-0.2, -0.15) is 0 Å². The lowest BCUT2D eigenvalue weighted by Gasteiger charge is -2.10. The maximum atomic E-state index is 13.7. The lowest BCUT2D eigenvalue weighted by molar-refractivity contribution is 0.598. The minimum absolute atomic E-state index is 0.0764. The van der Waals surface area contributed by atoms with E-state index in [1.807, 2.05) is 29.5 Å². The van der Waals surface area contributed by atoms with Gasteiger partial charge in [0.1, 0.15) is 5.82 Å². The standard InChI is InChI=1S/C13H10ClFINO2S/c1-8-2-4-9(5-3-8)20(18,19)17-13-7-12(16)10(14)6-11(13)15/h2-7,17H,1H3. The highest BCUT2D eigenvalue weighted by Crippen LogP contribution is 2.27. The zero-order valence-electron chi connectivity index (χ0n) is 10.3. The first-order chi connectivity index (χ1) is 9.29. The molecule has 2 aromatic rings. The van der Waals surface area contributed by atoms with Crippen molar-refractivity contribution in [3.05, 3.63) is 56.4 Å². The summed E-state index contributed by atoms with van der Waals surface area (Å²) in [4.78, 5) is 0.0764. The second kappa shape index (κ2) is 5.87. The van der Waals surface area contributed by atoms with Crippen LogP contribution in [0, 0.1) is 16.3 Å². The van der Waals surface area contributed by atoms with Crippen molar-refractivity contribution in [3.8, 4) is 0 Å². The van der Waals surface area contributed by atoms with E-state index >= 15 is 0 Å². The van der Waals surface area contributed by atoms with E-state index in [2.05, 4.69) is 4.72 Å². The minimum Gasteiger partial charge on any atom is -0.277 e. The molecule has 0 amide bonds. The maximum Gasteiger partial charge on any atom is 0.261 e. The predicted octanol–water partition coefficient (Wildman–Crippen LogP) is 4.19. The highest BCUT2D eigenvalue weighted by Gasteiger charge is 2.17. The Labute approximate surface area is 135 Å². The molecule has 0 atom stereocenters. The van der Waals surface area contributed by atoms with Crippen LogP contribution in [0.15, 0.2) is 41.3 Å². The van der Waals surface area contributed by atoms with Crippen LogP contribution >= 0.6 is 34.2 Å². The number of sulfonamides is 1. The van der Waals surface area contributed by atoms with Crippen LogP contribution in [0.4, 0.5) is 10.1 Å². The summed E-state index contributed by atoms with van der Waals surface area (Å²) in [6.07, 6.45) is 0. The number of rotatable bonds is 3. The predicted molar refractivity (Wildman–Crippen MR) is 86.1 cm³/mol. The fraction of sp³-hybridized carbons (Fsp3) is 0.0769. The molecule has 0 heterocycles. The average molecular weight is 426 g/mol. The number of aryl methyl sites for hydroxylation is 1. The molecule has 1 N–H and O–H groups in total. The third-order valence-corrected chi connectivity index (χ3v) is 5.49. The summed E-state index contributed by atoms with van der Waals surface area (Å²) in [6, 6.07) is 8.72. The number of anilines is 1. The summed E-state index contributed by atoms with van der Waals surface area (Å²) in [5, 5.41) is 0.237. The van der Waals surface area contributed by atoms with E-state index in [9.17, 15) is 12.8 Å². The van der Waals surface area contributed by atoms with Gasteiger partial charge in [0.15, 0.2) is 0 Å². The molecule has 2 rings (SSSR count). The monoisotopic (exact) mass is 425 g/mol. The van der Waals surface area contributed by atoms with Gasteiger partial charge in [-0.15, -0.1) is 0 Å². The minimum atomic E-state index is -3.82. The number of benzene rings is 2. The summed E-state index contributed by atoms with van der Waals surface area (Å²) in [5.74, 6) is -0.717. The summed E-state index contributed by atoms with van der Waals surface area (Å²) >= 11 is 7.67. The molecule has 0 fully saturated rings. The van der Waals surface area contributed by atoms with Gasteiger partial charge in [0.2, 0.25) is 0 Å². The van der Waals surface area contributed by atoms with Gasteiger partial charge in [-0.3, -0.25) is 4.72 Å². The normalized spacial score (nSPS) is 11.4. The fourth-order valence-corrected chi connectivity index (χ4v) is 3.20. The van der Waals surface area contributed by atoms with Gasteiger partial charge in [-0.25, -0.2) is 12.8 Å². The van der Waals surface area contributed by atoms with E-state index in [0.717, 1.165) is 11.6 Å². The van der Waals surface area contributed by atoms with Crippen LogP contribution in [0.5, 0.6) is 0 Å². The van der Waals surface area contributed by atoms with Gasteiger partial charge in [0, 0.05) is 3.57 Å². The van der Waals surface area contributed by atoms with E-state index in [4.69, 9.17) is 11.6 Å². The van der Waals surface area contributed by atoms with Crippen molar-refractivity contribution in [1.29, 1.82) is 0 Å². The Morgan fingerprint density at radius 3 is 2.40 bits per heavy atom. The molecule has 0 aromatic heterocycles. The first-order valence-electron chi connectivity index (χ1n) is 5.53. The van der Waals surface area contributed by atoms with Crippen molar-refractivity contribution in [1.82, 2.24) is 0 Å². The summed E-state index contributed by atoms with van der Waals surface area (Å²) in [5.41, 5.74) is 0.815. The Hall–Kier alpha value is -0.860. The highest BCUT2D eigenvalue weighted by atomic mass is 127. The van der Waals surface area contributed by atoms with Crippen molar-refractivity contribution in [3.63, 3.8) is 0 Å². The molecular formula is C13H10ClFINO2S. The van der Waals surface area contributed by atoms with Crippen molar-refractivity contribution < 1.29 is 12.8 Å². The largest absolute Gasteiger partial charge is 0.277 e. The van der Waals surface area contributed by atoms with Crippen molar-refractivity contribution >= 4 is 49.9 Å². The Bertz CT molecular complexity index is 748. The van der Waals surface area contributed by atoms with Crippen LogP contribution in [0.2, 0.25) is 5.02 Å². The molecule has 106 valence electrons. The zero-order chi connectivity index (χ0) is 14.9. The smallest absolute Gasteiger partial charge is 0.261 e. The lowest BCUT2D eigenvalue weighted by Crippen LogP contribution is -2.14. The molecule has 0 radical (unpaired) electrons. The van der Waals surface area contributed by atoms with Crippen LogP contribution in [0.25, 0.3) is 0 Å². The number of halogens is 3. The third-order valence-electron chi connectivity index (χ3n) is 2.59. The van der Waals surface area contributed by atoms with Gasteiger partial charge in [-0.05, 0) is 53.8 Å². The Morgan fingerprint density at radius 2 is 1.80 bits per heavy atom. The van der Waals surface area contributed by atoms with Gasteiger partial charge in [0.25, 0.3) is 10.0 Å². The molecule has 0 aliphatic carbocycles. The molecule has 0 saturated carbocycles. The topological polar surface area (TPSA) is 46.2 Å². The molecule has 0 saturated heterocycles. The number of nitrogens with one attached hydrogen (secondary N) is 1. The van der Waals surface area contributed by atoms with E-state index in [1.165, 1.54) is 18.2 Å². The van der Waals surface area contributed by atoms with E-state index in [1.54, 1.807) is 12.1 Å². The maximum absolute atomic E-state index is 13.7. The van der Waals surface area contributed by atoms with Gasteiger partial charge in [-0.1, -0.05) is 29.3 Å². The van der Waals surface area contributed by atoms with Crippen LogP contribution in [0.1, 0.15) is 5.56 Å². The molecule has 3 nitrogen and oxygen atoms in total. The molecular weight excluding hydrogens is 416 g/mol. The van der Waals surface area contributed by atoms with Crippen molar-refractivity contribution in [2.45, 2.75) is 11.8 Å². The summed E-state index contributed by atoms with van der Waals surface area (Å²) in [6.45, 7) is 1.85. The second-order valence-corrected chi connectivity index (χ2v) is 7.42. The molecule has 7 heteroatoms. The molecule has 0 aliphatic rings. The van der Waals surface area contributed by atoms with Gasteiger partial charge < -0.3 is 0 Å². The first-order valence-corrected chi connectivity index (χ1v) is 8.47. The molecule has 0 unspecified atom stereocenters. The second-order valence-electron chi connectivity index (χ2n) is 4.16. The van der Waals surface area contributed by atoms with Crippen LogP contribution < -0.4 is 4.72 Å². The SMILES string of the molecule is Cc1ccc(S(=O)(=O)Nc2cc(I)c(Cl)cc2F)cc1. The first kappa shape index (κ1) is 15.5. The number of hydrogen-bond acceptors (Lipinski definition) is 2. The number of hydrogen-bond donors (Lipinski definition) is 1. The Balaban J connectivity index is 2.38. The third kappa shape index (κ3) is 3.42. The average Bonchev–Trinajstić information content (AvgIpc) is 2.36. The van der Waals surface area contributed by atoms with E-state index < -0.39 is 15.8 Å². The summed E-state index contributed by atoms with van der Waals surface area (Å²) in [7, 11) is -3.82. The molecule has 0 bridgehead atoms. The molecule has 0 spiro atoms. The molecule has 0 aliphatic heterocycles. The molecule has 20 heavy (non-hydrogen) atoms. The quantitative estimate of drug-likeness (QED) is 0.592. The fourth-order valence-electron chi connectivity index (χ4n) is 1.52. The van der Waals surface area contributed by atoms with E-state index in [-0.39, 0.29) is 15.6 Å². The Kier molecular flexibility index (Phi) is 4.55. The zero-order valence-corrected chi connectivity index (χ0v) is 14.1. The van der Waals surface area contributed by atoms with Gasteiger partial charge >= 0.3 is 0 Å². The van der Waals surface area contributed by atoms with Crippen molar-refractivity contribution in [2.75, 3.05) is 4.72 Å². The summed E-state index contributed by atoms with van der Waals surface area (Å²) < 4.78 is 40.8. The van der Waals surface area contributed by atoms with Gasteiger partial charge in [0.05, 0.1) is 15.6 Å².